The molecule has 3 N–H and O–H groups in total. The Morgan fingerprint density at radius 2 is 1.97 bits per heavy atom. The number of Topliss-reactive ketones (excluding diaryl/α,β-unsaturated/α-hetero) is 1. The zero-order valence-electron chi connectivity index (χ0n) is 19.2. The van der Waals surface area contributed by atoms with Gasteiger partial charge in [-0.1, -0.05) is 24.8 Å². The summed E-state index contributed by atoms with van der Waals surface area (Å²) in [6, 6.07) is 4.07. The smallest absolute Gasteiger partial charge is 0.216 e. The summed E-state index contributed by atoms with van der Waals surface area (Å²) in [5.74, 6) is 0.422. The van der Waals surface area contributed by atoms with Crippen LogP contribution >= 0.6 is 11.8 Å². The third-order valence-electron chi connectivity index (χ3n) is 5.75. The van der Waals surface area contributed by atoms with Crippen LogP contribution in [-0.4, -0.2) is 45.0 Å². The monoisotopic (exact) mass is 488 g/mol. The number of aryl methyl sites for hydroxylation is 2. The molecule has 0 radical (unpaired) electrons. The first kappa shape index (κ1) is 23.7. The molecule has 0 saturated heterocycles. The molecule has 2 aromatic heterocycles. The van der Waals surface area contributed by atoms with Gasteiger partial charge in [0.25, 0.3) is 0 Å². The number of benzene rings is 1. The van der Waals surface area contributed by atoms with Gasteiger partial charge in [-0.3, -0.25) is 4.79 Å². The Morgan fingerprint density at radius 3 is 2.67 bits per heavy atom. The molecule has 9 nitrogen and oxygen atoms in total. The number of rotatable bonds is 7. The average molecular weight is 489 g/mol. The molecule has 0 unspecified atom stereocenters. The van der Waals surface area contributed by atoms with Crippen LogP contribution in [-0.2, 0) is 29.4 Å². The Labute approximate surface area is 197 Å². The number of nitrogens with zero attached hydrogens (tertiary/aromatic N) is 4. The highest BCUT2D eigenvalue weighted by atomic mass is 32.2. The predicted molar refractivity (Wildman–Crippen MR) is 129 cm³/mol. The van der Waals surface area contributed by atoms with Gasteiger partial charge in [-0.15, -0.1) is 0 Å². The van der Waals surface area contributed by atoms with E-state index in [2.05, 4.69) is 32.7 Å². The van der Waals surface area contributed by atoms with E-state index in [9.17, 15) is 13.2 Å². The minimum absolute atomic E-state index is 0.162. The maximum absolute atomic E-state index is 12.5. The number of nitrogens with one attached hydrogen (secondary N) is 1. The molecule has 0 spiro atoms. The highest BCUT2D eigenvalue weighted by Gasteiger charge is 2.28. The van der Waals surface area contributed by atoms with Crippen LogP contribution < -0.4 is 10.5 Å². The summed E-state index contributed by atoms with van der Waals surface area (Å²) in [5.41, 5.74) is 10.1. The Hall–Kier alpha value is -2.50. The lowest BCUT2D eigenvalue weighted by molar-refractivity contribution is 0.0994. The number of hydrogen-bond donors (Lipinski definition) is 2. The molecule has 1 aliphatic carbocycles. The molecule has 0 atom stereocenters. The normalized spacial score (nSPS) is 14.2. The van der Waals surface area contributed by atoms with Crippen molar-refractivity contribution in [2.75, 3.05) is 12.3 Å². The van der Waals surface area contributed by atoms with E-state index in [-0.39, 0.29) is 18.1 Å². The number of carbonyl (C=O) groups is 1. The summed E-state index contributed by atoms with van der Waals surface area (Å²) >= 11 is 1.43. The number of carbonyl (C=O) groups excluding carboxylic acids is 1. The largest absolute Gasteiger partial charge is 0.382 e. The van der Waals surface area contributed by atoms with Crippen molar-refractivity contribution in [3.8, 4) is 0 Å². The first-order chi connectivity index (χ1) is 15.5. The van der Waals surface area contributed by atoms with Crippen molar-refractivity contribution in [1.82, 2.24) is 24.2 Å². The summed E-state index contributed by atoms with van der Waals surface area (Å²) in [6.07, 6.45) is 3.52. The molecule has 1 aliphatic rings. The maximum atomic E-state index is 12.5. The van der Waals surface area contributed by atoms with Gasteiger partial charge in [-0.25, -0.2) is 28.1 Å². The topological polar surface area (TPSA) is 133 Å². The van der Waals surface area contributed by atoms with Crippen molar-refractivity contribution in [2.24, 2.45) is 0 Å². The number of hydrogen-bond acceptors (Lipinski definition) is 8. The molecule has 1 aromatic carbocycles. The van der Waals surface area contributed by atoms with E-state index in [1.807, 2.05) is 10.6 Å². The predicted octanol–water partition coefficient (Wildman–Crippen LogP) is 2.97. The molecule has 0 amide bonds. The van der Waals surface area contributed by atoms with Crippen molar-refractivity contribution in [3.63, 3.8) is 0 Å². The summed E-state index contributed by atoms with van der Waals surface area (Å²) < 4.78 is 28.6. The number of anilines is 1. The molecule has 33 heavy (non-hydrogen) atoms. The zero-order valence-corrected chi connectivity index (χ0v) is 20.8. The fourth-order valence-corrected chi connectivity index (χ4v) is 5.64. The van der Waals surface area contributed by atoms with Crippen LogP contribution in [0.2, 0.25) is 0 Å². The number of ketones is 1. The molecular formula is C22H28N6O3S2. The van der Waals surface area contributed by atoms with Gasteiger partial charge in [-0.2, -0.15) is 0 Å². The Balaban J connectivity index is 1.71. The number of nitrogen functional groups attached to an aromatic ring is 1. The van der Waals surface area contributed by atoms with Crippen molar-refractivity contribution >= 4 is 44.6 Å². The lowest BCUT2D eigenvalue weighted by atomic mass is 10.0. The zero-order chi connectivity index (χ0) is 24.0. The minimum atomic E-state index is -3.49. The molecule has 11 heteroatoms. The molecule has 2 heterocycles. The highest BCUT2D eigenvalue weighted by Crippen LogP contribution is 2.36. The van der Waals surface area contributed by atoms with Gasteiger partial charge in [0.1, 0.15) is 6.33 Å². The minimum Gasteiger partial charge on any atom is -0.382 e. The van der Waals surface area contributed by atoms with E-state index in [0.717, 1.165) is 34.4 Å². The Morgan fingerprint density at radius 1 is 1.21 bits per heavy atom. The van der Waals surface area contributed by atoms with Crippen LogP contribution in [0.15, 0.2) is 28.5 Å². The second-order valence-electron chi connectivity index (χ2n) is 8.98. The third-order valence-corrected chi connectivity index (χ3v) is 9.04. The van der Waals surface area contributed by atoms with Crippen molar-refractivity contribution in [3.05, 3.63) is 35.2 Å². The van der Waals surface area contributed by atoms with Gasteiger partial charge in [0.2, 0.25) is 10.0 Å². The standard InChI is InChI=1S/C22H28N6O3S2/c1-5-13-10-14-6-7-16(29)15(14)11-17(13)32-21-27-18-19(23)24-12-25-20(18)28(21)9-8-26-33(30,31)22(2,3)4/h10-12,26H,5-9H2,1-4H3,(H2,23,24,25). The van der Waals surface area contributed by atoms with Crippen LogP contribution in [0.4, 0.5) is 5.82 Å². The van der Waals surface area contributed by atoms with E-state index in [4.69, 9.17) is 5.73 Å². The molecule has 0 fully saturated rings. The van der Waals surface area contributed by atoms with E-state index in [1.54, 1.807) is 20.8 Å². The summed E-state index contributed by atoms with van der Waals surface area (Å²) in [4.78, 5) is 26.3. The van der Waals surface area contributed by atoms with Crippen molar-refractivity contribution in [1.29, 1.82) is 0 Å². The first-order valence-corrected chi connectivity index (χ1v) is 13.1. The van der Waals surface area contributed by atoms with Crippen molar-refractivity contribution in [2.45, 2.75) is 68.3 Å². The first-order valence-electron chi connectivity index (χ1n) is 10.8. The number of sulfonamides is 1. The molecular weight excluding hydrogens is 460 g/mol. The van der Waals surface area contributed by atoms with Gasteiger partial charge in [0.15, 0.2) is 27.9 Å². The summed E-state index contributed by atoms with van der Waals surface area (Å²) in [5, 5.41) is 0.618. The quantitative estimate of drug-likeness (QED) is 0.519. The molecule has 176 valence electrons. The maximum Gasteiger partial charge on any atom is 0.216 e. The fourth-order valence-electron chi connectivity index (χ4n) is 3.72. The van der Waals surface area contributed by atoms with E-state index in [1.165, 1.54) is 18.1 Å². The average Bonchev–Trinajstić information content (AvgIpc) is 3.28. The molecule has 0 saturated carbocycles. The third kappa shape index (κ3) is 4.49. The van der Waals surface area contributed by atoms with E-state index in [0.29, 0.717) is 29.3 Å². The molecule has 0 bridgehead atoms. The Bertz CT molecular complexity index is 1340. The van der Waals surface area contributed by atoms with Gasteiger partial charge >= 0.3 is 0 Å². The van der Waals surface area contributed by atoms with Crippen LogP contribution in [0.3, 0.4) is 0 Å². The summed E-state index contributed by atoms with van der Waals surface area (Å²) in [7, 11) is -3.49. The highest BCUT2D eigenvalue weighted by molar-refractivity contribution is 7.99. The number of imidazole rings is 1. The van der Waals surface area contributed by atoms with E-state index >= 15 is 0 Å². The number of fused-ring (bicyclic) bond motifs is 2. The SMILES string of the molecule is CCc1cc2c(cc1Sc1nc3c(N)ncnc3n1CCNS(=O)(=O)C(C)(C)C)C(=O)CC2. The number of nitrogens with two attached hydrogens (primary N) is 1. The van der Waals surface area contributed by atoms with Crippen LogP contribution in [0.1, 0.15) is 55.6 Å². The van der Waals surface area contributed by atoms with Gasteiger partial charge < -0.3 is 10.3 Å². The van der Waals surface area contributed by atoms with Gasteiger partial charge in [-0.05, 0) is 50.8 Å². The molecule has 4 rings (SSSR count). The molecule has 0 aliphatic heterocycles. The fraction of sp³-hybridized carbons (Fsp3) is 0.455. The van der Waals surface area contributed by atoms with Crippen LogP contribution in [0, 0.1) is 0 Å². The summed E-state index contributed by atoms with van der Waals surface area (Å²) in [6.45, 7) is 7.52. The van der Waals surface area contributed by atoms with Gasteiger partial charge in [0.05, 0.1) is 4.75 Å². The van der Waals surface area contributed by atoms with Crippen molar-refractivity contribution < 1.29 is 13.2 Å². The van der Waals surface area contributed by atoms with Gasteiger partial charge in [0, 0.05) is 30.0 Å². The van der Waals surface area contributed by atoms with E-state index < -0.39 is 14.8 Å². The lowest BCUT2D eigenvalue weighted by Crippen LogP contribution is -2.40. The Kier molecular flexibility index (Phi) is 6.23. The van der Waals surface area contributed by atoms with Crippen LogP contribution in [0.25, 0.3) is 11.2 Å². The second-order valence-corrected chi connectivity index (χ2v) is 12.5. The number of aromatic nitrogens is 4. The van der Waals surface area contributed by atoms with Crippen LogP contribution in [0.5, 0.6) is 0 Å². The second kappa shape index (κ2) is 8.69. The molecule has 3 aromatic rings. The lowest BCUT2D eigenvalue weighted by Gasteiger charge is -2.20.